The van der Waals surface area contributed by atoms with Gasteiger partial charge in [0.2, 0.25) is 11.8 Å². The summed E-state index contributed by atoms with van der Waals surface area (Å²) in [5.41, 5.74) is 1.00. The topological polar surface area (TPSA) is 40.6 Å². The molecule has 1 heterocycles. The fraction of sp³-hybridized carbons (Fsp3) is 0.364. The van der Waals surface area contributed by atoms with Crippen molar-refractivity contribution in [2.24, 2.45) is 0 Å². The Morgan fingerprint density at radius 2 is 1.75 bits per heavy atom. The molecule has 0 spiro atoms. The molecule has 2 fully saturated rings. The van der Waals surface area contributed by atoms with E-state index in [1.807, 2.05) is 24.3 Å². The van der Waals surface area contributed by atoms with Crippen LogP contribution in [0.1, 0.15) is 30.4 Å². The van der Waals surface area contributed by atoms with Crippen molar-refractivity contribution in [3.63, 3.8) is 0 Å². The van der Waals surface area contributed by atoms with Gasteiger partial charge in [-0.25, -0.2) is 4.39 Å². The third-order valence-electron chi connectivity index (χ3n) is 5.75. The molecule has 6 heteroatoms. The van der Waals surface area contributed by atoms with Crippen molar-refractivity contribution < 1.29 is 14.0 Å². The summed E-state index contributed by atoms with van der Waals surface area (Å²) < 4.78 is 13.9. The maximum atomic E-state index is 13.9. The zero-order chi connectivity index (χ0) is 19.7. The molecule has 2 aliphatic rings. The molecule has 2 aromatic rings. The highest BCUT2D eigenvalue weighted by Crippen LogP contribution is 2.49. The Bertz CT molecular complexity index is 896. The van der Waals surface area contributed by atoms with Gasteiger partial charge < -0.3 is 9.80 Å². The first-order valence-corrected chi connectivity index (χ1v) is 9.94. The number of rotatable bonds is 4. The monoisotopic (exact) mass is 400 g/mol. The molecule has 0 atom stereocenters. The first-order chi connectivity index (χ1) is 13.5. The average molecular weight is 401 g/mol. The third kappa shape index (κ3) is 3.63. The van der Waals surface area contributed by atoms with Crippen LogP contribution in [-0.2, 0) is 21.5 Å². The fourth-order valence-electron chi connectivity index (χ4n) is 3.89. The van der Waals surface area contributed by atoms with Gasteiger partial charge in [0.15, 0.2) is 0 Å². The first-order valence-electron chi connectivity index (χ1n) is 9.56. The summed E-state index contributed by atoms with van der Waals surface area (Å²) in [6, 6.07) is 13.9. The lowest BCUT2D eigenvalue weighted by molar-refractivity contribution is -0.133. The summed E-state index contributed by atoms with van der Waals surface area (Å²) in [6.45, 7) is 1.51. The van der Waals surface area contributed by atoms with Gasteiger partial charge in [-0.3, -0.25) is 9.59 Å². The van der Waals surface area contributed by atoms with Gasteiger partial charge in [-0.1, -0.05) is 41.9 Å². The lowest BCUT2D eigenvalue weighted by Gasteiger charge is -2.26. The van der Waals surface area contributed by atoms with Crippen molar-refractivity contribution >= 4 is 23.4 Å². The zero-order valence-electron chi connectivity index (χ0n) is 15.5. The Labute approximate surface area is 168 Å². The number of benzene rings is 2. The smallest absolute Gasteiger partial charge is 0.233 e. The molecule has 1 aliphatic carbocycles. The van der Waals surface area contributed by atoms with Gasteiger partial charge in [0, 0.05) is 43.2 Å². The predicted octanol–water partition coefficient (Wildman–Crippen LogP) is 3.77. The lowest BCUT2D eigenvalue weighted by atomic mass is 9.94. The fourth-order valence-corrected chi connectivity index (χ4v) is 4.02. The van der Waals surface area contributed by atoms with Crippen LogP contribution in [0.25, 0.3) is 0 Å². The van der Waals surface area contributed by atoms with Gasteiger partial charge >= 0.3 is 0 Å². The molecule has 146 valence electrons. The van der Waals surface area contributed by atoms with Crippen LogP contribution in [0.3, 0.4) is 0 Å². The Morgan fingerprint density at radius 1 is 1.04 bits per heavy atom. The number of amides is 2. The summed E-state index contributed by atoms with van der Waals surface area (Å²) in [7, 11) is 0. The minimum atomic E-state index is -0.478. The van der Waals surface area contributed by atoms with Crippen LogP contribution in [0.5, 0.6) is 0 Å². The highest BCUT2D eigenvalue weighted by atomic mass is 35.5. The summed E-state index contributed by atoms with van der Waals surface area (Å²) >= 11 is 5.98. The van der Waals surface area contributed by atoms with E-state index in [9.17, 15) is 14.0 Å². The van der Waals surface area contributed by atoms with E-state index in [0.717, 1.165) is 18.4 Å². The van der Waals surface area contributed by atoms with Crippen LogP contribution >= 0.6 is 11.6 Å². The SMILES string of the molecule is O=C1CCN(C(=O)C2(c3ccc(Cl)cc3)CC2)CCN1Cc1ccccc1F. The lowest BCUT2D eigenvalue weighted by Crippen LogP contribution is -2.41. The van der Waals surface area contributed by atoms with E-state index in [1.54, 1.807) is 28.0 Å². The van der Waals surface area contributed by atoms with Crippen LogP contribution in [0.4, 0.5) is 4.39 Å². The van der Waals surface area contributed by atoms with E-state index in [0.29, 0.717) is 30.2 Å². The number of hydrogen-bond acceptors (Lipinski definition) is 2. The van der Waals surface area contributed by atoms with E-state index in [2.05, 4.69) is 0 Å². The van der Waals surface area contributed by atoms with Crippen molar-refractivity contribution in [1.82, 2.24) is 9.80 Å². The molecule has 0 bridgehead atoms. The third-order valence-corrected chi connectivity index (χ3v) is 6.00. The summed E-state index contributed by atoms with van der Waals surface area (Å²) in [5, 5.41) is 0.649. The molecule has 0 radical (unpaired) electrons. The Balaban J connectivity index is 1.46. The number of nitrogens with zero attached hydrogens (tertiary/aromatic N) is 2. The molecule has 4 rings (SSSR count). The number of carbonyl (C=O) groups is 2. The summed E-state index contributed by atoms with van der Waals surface area (Å²) in [4.78, 5) is 29.2. The quantitative estimate of drug-likeness (QED) is 0.783. The second-order valence-corrected chi connectivity index (χ2v) is 7.97. The van der Waals surface area contributed by atoms with Crippen LogP contribution < -0.4 is 0 Å². The normalized spacial score (nSPS) is 18.7. The van der Waals surface area contributed by atoms with Crippen molar-refractivity contribution in [1.29, 1.82) is 0 Å². The van der Waals surface area contributed by atoms with E-state index in [-0.39, 0.29) is 30.6 Å². The van der Waals surface area contributed by atoms with E-state index >= 15 is 0 Å². The van der Waals surface area contributed by atoms with Crippen molar-refractivity contribution in [3.8, 4) is 0 Å². The van der Waals surface area contributed by atoms with E-state index in [4.69, 9.17) is 11.6 Å². The van der Waals surface area contributed by atoms with Gasteiger partial charge in [0.25, 0.3) is 0 Å². The molecule has 0 N–H and O–H groups in total. The maximum Gasteiger partial charge on any atom is 0.233 e. The van der Waals surface area contributed by atoms with Gasteiger partial charge in [0.1, 0.15) is 5.82 Å². The van der Waals surface area contributed by atoms with E-state index < -0.39 is 5.41 Å². The molecule has 0 aromatic heterocycles. The minimum absolute atomic E-state index is 0.0464. The Kier molecular flexibility index (Phi) is 5.11. The molecule has 1 aliphatic heterocycles. The van der Waals surface area contributed by atoms with Crippen molar-refractivity contribution in [2.75, 3.05) is 19.6 Å². The van der Waals surface area contributed by atoms with Crippen LogP contribution in [0, 0.1) is 5.82 Å². The second-order valence-electron chi connectivity index (χ2n) is 7.54. The largest absolute Gasteiger partial charge is 0.340 e. The van der Waals surface area contributed by atoms with Crippen LogP contribution in [0.15, 0.2) is 48.5 Å². The van der Waals surface area contributed by atoms with Gasteiger partial charge in [-0.05, 0) is 36.6 Å². The van der Waals surface area contributed by atoms with Crippen LogP contribution in [-0.4, -0.2) is 41.2 Å². The molecule has 2 amide bonds. The van der Waals surface area contributed by atoms with E-state index in [1.165, 1.54) is 6.07 Å². The van der Waals surface area contributed by atoms with Gasteiger partial charge in [0.05, 0.1) is 5.41 Å². The number of halogens is 2. The summed E-state index contributed by atoms with van der Waals surface area (Å²) in [5.74, 6) is -0.280. The van der Waals surface area contributed by atoms with Crippen molar-refractivity contribution in [3.05, 3.63) is 70.5 Å². The maximum absolute atomic E-state index is 13.9. The van der Waals surface area contributed by atoms with Crippen molar-refractivity contribution in [2.45, 2.75) is 31.2 Å². The zero-order valence-corrected chi connectivity index (χ0v) is 16.3. The highest BCUT2D eigenvalue weighted by Gasteiger charge is 2.53. The molecular formula is C22H22ClFN2O2. The number of hydrogen-bond donors (Lipinski definition) is 0. The predicted molar refractivity (Wildman–Crippen MR) is 105 cm³/mol. The number of carbonyl (C=O) groups excluding carboxylic acids is 2. The second kappa shape index (κ2) is 7.55. The minimum Gasteiger partial charge on any atom is -0.340 e. The molecule has 28 heavy (non-hydrogen) atoms. The first kappa shape index (κ1) is 18.9. The molecule has 1 saturated heterocycles. The standard InChI is InChI=1S/C22H22ClFN2O2/c23-18-7-5-17(6-8-18)22(10-11-22)21(28)25-12-9-20(27)26(14-13-25)15-16-3-1-2-4-19(16)24/h1-8H,9-15H2. The highest BCUT2D eigenvalue weighted by molar-refractivity contribution is 6.30. The molecular weight excluding hydrogens is 379 g/mol. The Morgan fingerprint density at radius 3 is 2.43 bits per heavy atom. The molecule has 4 nitrogen and oxygen atoms in total. The van der Waals surface area contributed by atoms with Crippen LogP contribution in [0.2, 0.25) is 5.02 Å². The average Bonchev–Trinajstić information content (AvgIpc) is 3.51. The molecule has 0 unspecified atom stereocenters. The van der Waals surface area contributed by atoms with Gasteiger partial charge in [-0.2, -0.15) is 0 Å². The molecule has 1 saturated carbocycles. The van der Waals surface area contributed by atoms with Gasteiger partial charge in [-0.15, -0.1) is 0 Å². The Hall–Kier alpha value is -2.40. The summed E-state index contributed by atoms with van der Waals surface area (Å²) in [6.07, 6.45) is 1.89. The molecule has 2 aromatic carbocycles.